The molecule has 1 aliphatic heterocycles. The number of allylic oxidation sites excluding steroid dienone is 1. The molecule has 0 fully saturated rings. The first-order valence-electron chi connectivity index (χ1n) is 1.98. The second-order valence-corrected chi connectivity index (χ2v) is 2.67. The molecule has 1 radical (unpaired) electrons. The number of rotatable bonds is 0. The SMILES string of the molecule is C1=[CH][Al][CH2]C1. The molecule has 0 saturated carbocycles. The zero-order chi connectivity index (χ0) is 3.54. The summed E-state index contributed by atoms with van der Waals surface area (Å²) in [5, 5.41) is 1.47. The van der Waals surface area contributed by atoms with Crippen molar-refractivity contribution in [3.8, 4) is 0 Å². The molecule has 1 heterocycles. The van der Waals surface area contributed by atoms with E-state index in [0.29, 0.717) is 0 Å². The van der Waals surface area contributed by atoms with Crippen LogP contribution in [0.4, 0.5) is 0 Å². The summed E-state index contributed by atoms with van der Waals surface area (Å²) in [6.07, 6.45) is 3.63. The lowest BCUT2D eigenvalue weighted by Gasteiger charge is -1.66. The Morgan fingerprint density at radius 1 is 1.60 bits per heavy atom. The van der Waals surface area contributed by atoms with Gasteiger partial charge in [-0.05, 0) is 6.42 Å². The molecule has 0 aromatic carbocycles. The lowest BCUT2D eigenvalue weighted by atomic mass is 10.5. The summed E-state index contributed by atoms with van der Waals surface area (Å²) in [7, 11) is 0. The Kier molecular flexibility index (Phi) is 1.14. The van der Waals surface area contributed by atoms with Crippen molar-refractivity contribution in [1.29, 1.82) is 0 Å². The maximum absolute atomic E-state index is 2.32. The van der Waals surface area contributed by atoms with Crippen LogP contribution in [0.3, 0.4) is 0 Å². The first-order valence-corrected chi connectivity index (χ1v) is 3.47. The van der Waals surface area contributed by atoms with E-state index in [2.05, 4.69) is 11.0 Å². The van der Waals surface area contributed by atoms with Crippen LogP contribution in [0, 0.1) is 0 Å². The highest BCUT2D eigenvalue weighted by atomic mass is 27.1. The van der Waals surface area contributed by atoms with Crippen LogP contribution in [-0.2, 0) is 0 Å². The summed E-state index contributed by atoms with van der Waals surface area (Å²) in [5.74, 6) is 0. The van der Waals surface area contributed by atoms with Crippen LogP contribution < -0.4 is 0 Å². The molecule has 5 heavy (non-hydrogen) atoms. The van der Waals surface area contributed by atoms with Crippen molar-refractivity contribution < 1.29 is 0 Å². The molecule has 0 atom stereocenters. The van der Waals surface area contributed by atoms with Crippen molar-refractivity contribution in [1.82, 2.24) is 0 Å². The molecule has 0 bridgehead atoms. The smallest absolute Gasteiger partial charge is 0.161 e. The number of hydrogen-bond acceptors (Lipinski definition) is 0. The molecule has 0 aromatic heterocycles. The highest BCUT2D eigenvalue weighted by Gasteiger charge is 1.88. The minimum Gasteiger partial charge on any atom is -0.161 e. The highest BCUT2D eigenvalue weighted by molar-refractivity contribution is 6.43. The van der Waals surface area contributed by atoms with Crippen molar-refractivity contribution in [2.45, 2.75) is 11.7 Å². The van der Waals surface area contributed by atoms with Gasteiger partial charge in [-0.2, -0.15) is 4.94 Å². The van der Waals surface area contributed by atoms with Gasteiger partial charge < -0.3 is 0 Å². The summed E-state index contributed by atoms with van der Waals surface area (Å²) in [6.45, 7) is 0. The molecule has 1 rings (SSSR count). The van der Waals surface area contributed by atoms with Gasteiger partial charge >= 0.3 is 0 Å². The van der Waals surface area contributed by atoms with Gasteiger partial charge in [-0.15, -0.1) is 6.08 Å². The van der Waals surface area contributed by atoms with E-state index in [1.807, 2.05) is 0 Å². The van der Waals surface area contributed by atoms with Gasteiger partial charge in [0.25, 0.3) is 0 Å². The predicted molar refractivity (Wildman–Crippen MR) is 24.3 cm³/mol. The van der Waals surface area contributed by atoms with E-state index in [4.69, 9.17) is 0 Å². The van der Waals surface area contributed by atoms with Crippen LogP contribution in [0.2, 0.25) is 5.28 Å². The molecule has 0 aromatic rings. The monoisotopic (exact) mass is 81.0 g/mol. The Bertz CT molecular complexity index is 41.6. The first-order chi connectivity index (χ1) is 2.50. The molecule has 0 N–H and O–H groups in total. The van der Waals surface area contributed by atoms with Crippen LogP contribution >= 0.6 is 0 Å². The lowest BCUT2D eigenvalue weighted by molar-refractivity contribution is 1.24. The largest absolute Gasteiger partial charge is 0.237 e. The fraction of sp³-hybridized carbons (Fsp3) is 0.500. The summed E-state index contributed by atoms with van der Waals surface area (Å²) in [6, 6.07) is 0. The van der Waals surface area contributed by atoms with Crippen LogP contribution in [-0.4, -0.2) is 15.2 Å². The molecule has 0 spiro atoms. The van der Waals surface area contributed by atoms with Crippen molar-refractivity contribution in [3.05, 3.63) is 11.0 Å². The third-order valence-corrected chi connectivity index (χ3v) is 1.98. The van der Waals surface area contributed by atoms with Gasteiger partial charge in [0.15, 0.2) is 0 Å². The molecular formula is C4H6Al. The quantitative estimate of drug-likeness (QED) is 0.382. The van der Waals surface area contributed by atoms with Crippen molar-refractivity contribution in [3.63, 3.8) is 0 Å². The third-order valence-electron chi connectivity index (χ3n) is 0.772. The van der Waals surface area contributed by atoms with E-state index in [0.717, 1.165) is 15.2 Å². The normalized spacial score (nSPS) is 19.2. The van der Waals surface area contributed by atoms with Crippen LogP contribution in [0.15, 0.2) is 11.0 Å². The first kappa shape index (κ1) is 3.46. The van der Waals surface area contributed by atoms with Gasteiger partial charge in [-0.3, -0.25) is 0 Å². The maximum atomic E-state index is 2.32. The van der Waals surface area contributed by atoms with Gasteiger partial charge in [0.1, 0.15) is 0 Å². The van der Waals surface area contributed by atoms with E-state index >= 15 is 0 Å². The summed E-state index contributed by atoms with van der Waals surface area (Å²) in [4.78, 5) is 2.32. The molecule has 0 nitrogen and oxygen atoms in total. The zero-order valence-corrected chi connectivity index (χ0v) is 4.30. The van der Waals surface area contributed by atoms with Gasteiger partial charge in [-0.25, -0.2) is 0 Å². The fourth-order valence-corrected chi connectivity index (χ4v) is 1.44. The molecule has 0 amide bonds. The predicted octanol–water partition coefficient (Wildman–Crippen LogP) is 1.03. The van der Waals surface area contributed by atoms with Gasteiger partial charge in [0, 0.05) is 0 Å². The second kappa shape index (κ2) is 1.65. The van der Waals surface area contributed by atoms with Gasteiger partial charge in [-0.1, -0.05) is 5.28 Å². The highest BCUT2D eigenvalue weighted by Crippen LogP contribution is 1.97. The third kappa shape index (κ3) is 0.794. The zero-order valence-electron chi connectivity index (χ0n) is 3.15. The number of hydrogen-bond donors (Lipinski definition) is 0. The van der Waals surface area contributed by atoms with Gasteiger partial charge in [0.05, 0.1) is 0 Å². The summed E-state index contributed by atoms with van der Waals surface area (Å²) in [5.41, 5.74) is 0. The Hall–Kier alpha value is 0.272. The standard InChI is InChI=1S/C4H6.Al/c1-3-4-2;/h1,3H,2,4H2;. The van der Waals surface area contributed by atoms with Crippen LogP contribution in [0.25, 0.3) is 0 Å². The van der Waals surface area contributed by atoms with E-state index < -0.39 is 0 Å². The molecule has 0 saturated heterocycles. The van der Waals surface area contributed by atoms with Crippen LogP contribution in [0.1, 0.15) is 6.42 Å². The molecule has 25 valence electrons. The summed E-state index contributed by atoms with van der Waals surface area (Å²) >= 11 is 0.745. The maximum Gasteiger partial charge on any atom is 0.237 e. The van der Waals surface area contributed by atoms with E-state index in [1.54, 1.807) is 0 Å². The average Bonchev–Trinajstić information content (AvgIpc) is 1.76. The Balaban J connectivity index is 2.32. The Morgan fingerprint density at radius 3 is 2.80 bits per heavy atom. The molecule has 1 aliphatic rings. The van der Waals surface area contributed by atoms with Crippen molar-refractivity contribution >= 4 is 15.2 Å². The molecule has 0 unspecified atom stereocenters. The molecule has 0 aliphatic carbocycles. The minimum atomic E-state index is 0.745. The molecular weight excluding hydrogens is 75.0 g/mol. The lowest BCUT2D eigenvalue weighted by Crippen LogP contribution is -1.67. The van der Waals surface area contributed by atoms with Gasteiger partial charge in [0.2, 0.25) is 15.2 Å². The van der Waals surface area contributed by atoms with E-state index in [-0.39, 0.29) is 0 Å². The second-order valence-electron chi connectivity index (χ2n) is 1.24. The summed E-state index contributed by atoms with van der Waals surface area (Å²) < 4.78 is 0. The molecule has 1 heteroatoms. The Morgan fingerprint density at radius 2 is 2.60 bits per heavy atom. The average molecular weight is 81.1 g/mol. The van der Waals surface area contributed by atoms with Crippen LogP contribution in [0.5, 0.6) is 0 Å². The van der Waals surface area contributed by atoms with E-state index in [1.165, 1.54) is 11.7 Å². The minimum absolute atomic E-state index is 0.745. The van der Waals surface area contributed by atoms with Crippen molar-refractivity contribution in [2.24, 2.45) is 0 Å². The van der Waals surface area contributed by atoms with E-state index in [9.17, 15) is 0 Å². The topological polar surface area (TPSA) is 0 Å². The fourth-order valence-electron chi connectivity index (χ4n) is 0.481. The van der Waals surface area contributed by atoms with Crippen molar-refractivity contribution in [2.75, 3.05) is 0 Å². The Labute approximate surface area is 38.6 Å².